The fraction of sp³-hybridized carbons (Fsp3) is 0.500. The summed E-state index contributed by atoms with van der Waals surface area (Å²) in [5, 5.41) is 8.80. The lowest BCUT2D eigenvalue weighted by Crippen LogP contribution is -2.32. The van der Waals surface area contributed by atoms with Gasteiger partial charge in [-0.1, -0.05) is 11.6 Å². The van der Waals surface area contributed by atoms with Gasteiger partial charge in [0.15, 0.2) is 0 Å². The van der Waals surface area contributed by atoms with Crippen LogP contribution in [0.25, 0.3) is 0 Å². The predicted octanol–water partition coefficient (Wildman–Crippen LogP) is 1.17. The first kappa shape index (κ1) is 14.4. The van der Waals surface area contributed by atoms with Gasteiger partial charge < -0.3 is 5.11 Å². The van der Waals surface area contributed by atoms with Crippen molar-refractivity contribution in [3.63, 3.8) is 0 Å². The van der Waals surface area contributed by atoms with E-state index >= 15 is 0 Å². The highest BCUT2D eigenvalue weighted by atomic mass is 35.5. The monoisotopic (exact) mass is 278 g/mol. The fourth-order valence-corrected chi connectivity index (χ4v) is 2.87. The number of halogens is 1. The van der Waals surface area contributed by atoms with Crippen LogP contribution in [0.4, 0.5) is 0 Å². The maximum atomic E-state index is 11.9. The van der Waals surface area contributed by atoms with Gasteiger partial charge in [0.1, 0.15) is 5.15 Å². The van der Waals surface area contributed by atoms with Crippen molar-refractivity contribution >= 4 is 21.6 Å². The molecule has 96 valence electrons. The summed E-state index contributed by atoms with van der Waals surface area (Å²) in [6, 6.07) is 2.44. The molecule has 1 rings (SSSR count). The molecule has 1 heterocycles. The number of aliphatic hydroxyl groups is 1. The summed E-state index contributed by atoms with van der Waals surface area (Å²) in [6.07, 6.45) is 2.48. The van der Waals surface area contributed by atoms with Crippen LogP contribution in [0.2, 0.25) is 5.15 Å². The normalized spacial score (nSPS) is 13.6. The van der Waals surface area contributed by atoms with Crippen molar-refractivity contribution in [2.24, 2.45) is 0 Å². The third-order valence-corrected chi connectivity index (χ3v) is 3.95. The zero-order chi connectivity index (χ0) is 12.9. The largest absolute Gasteiger partial charge is 0.396 e. The Labute approximate surface area is 106 Å². The Bertz CT molecular complexity index is 464. The van der Waals surface area contributed by atoms with E-state index in [1.54, 1.807) is 6.92 Å². The van der Waals surface area contributed by atoms with E-state index in [4.69, 9.17) is 16.7 Å². The van der Waals surface area contributed by atoms with E-state index in [0.29, 0.717) is 12.8 Å². The topological polar surface area (TPSA) is 79.3 Å². The van der Waals surface area contributed by atoms with E-state index in [1.165, 1.54) is 18.3 Å². The van der Waals surface area contributed by atoms with Crippen molar-refractivity contribution < 1.29 is 13.5 Å². The Hall–Kier alpha value is -0.690. The van der Waals surface area contributed by atoms with Gasteiger partial charge in [0.25, 0.3) is 0 Å². The number of aliphatic hydroxyl groups excluding tert-OH is 1. The van der Waals surface area contributed by atoms with Crippen LogP contribution in [0, 0.1) is 0 Å². The average Bonchev–Trinajstić information content (AvgIpc) is 2.26. The van der Waals surface area contributed by atoms with E-state index < -0.39 is 10.0 Å². The Morgan fingerprint density at radius 3 is 2.88 bits per heavy atom. The molecule has 0 bridgehead atoms. The van der Waals surface area contributed by atoms with Crippen LogP contribution in [0.1, 0.15) is 19.8 Å². The first-order valence-corrected chi connectivity index (χ1v) is 7.06. The van der Waals surface area contributed by atoms with Gasteiger partial charge in [0.05, 0.1) is 4.90 Å². The van der Waals surface area contributed by atoms with Crippen LogP contribution in [-0.2, 0) is 10.0 Å². The maximum Gasteiger partial charge on any atom is 0.240 e. The lowest BCUT2D eigenvalue weighted by Gasteiger charge is -2.13. The molecule has 0 aliphatic carbocycles. The van der Waals surface area contributed by atoms with Crippen molar-refractivity contribution in [2.45, 2.75) is 30.7 Å². The van der Waals surface area contributed by atoms with Crippen LogP contribution >= 0.6 is 11.6 Å². The molecule has 1 aromatic heterocycles. The Morgan fingerprint density at radius 2 is 2.29 bits per heavy atom. The minimum absolute atomic E-state index is 0.0488. The summed E-state index contributed by atoms with van der Waals surface area (Å²) in [7, 11) is -3.57. The molecule has 2 N–H and O–H groups in total. The molecule has 0 amide bonds. The fourth-order valence-electron chi connectivity index (χ4n) is 1.34. The van der Waals surface area contributed by atoms with E-state index in [2.05, 4.69) is 9.71 Å². The first-order valence-electron chi connectivity index (χ1n) is 5.20. The Kier molecular flexibility index (Phi) is 5.32. The van der Waals surface area contributed by atoms with Crippen LogP contribution in [0.3, 0.4) is 0 Å². The zero-order valence-corrected chi connectivity index (χ0v) is 11.0. The van der Waals surface area contributed by atoms with Gasteiger partial charge in [-0.2, -0.15) is 0 Å². The van der Waals surface area contributed by atoms with E-state index in [-0.39, 0.29) is 22.7 Å². The predicted molar refractivity (Wildman–Crippen MR) is 65.4 cm³/mol. The molecule has 0 aliphatic rings. The molecule has 1 atom stereocenters. The van der Waals surface area contributed by atoms with Crippen molar-refractivity contribution in [2.75, 3.05) is 6.61 Å². The first-order chi connectivity index (χ1) is 7.95. The maximum absolute atomic E-state index is 11.9. The molecule has 0 fully saturated rings. The van der Waals surface area contributed by atoms with Gasteiger partial charge in [0.2, 0.25) is 10.0 Å². The minimum atomic E-state index is -3.57. The molecule has 7 heteroatoms. The standard InChI is InChI=1S/C10H15ClN2O3S/c1-8(3-2-6-14)13-17(15,16)9-4-5-12-10(11)7-9/h4-5,7-8,13-14H,2-3,6H2,1H3. The Balaban J connectivity index is 2.75. The molecular formula is C10H15ClN2O3S. The summed E-state index contributed by atoms with van der Waals surface area (Å²) in [4.78, 5) is 3.81. The highest BCUT2D eigenvalue weighted by Crippen LogP contribution is 2.13. The quantitative estimate of drug-likeness (QED) is 0.766. The molecule has 5 nitrogen and oxygen atoms in total. The Morgan fingerprint density at radius 1 is 1.59 bits per heavy atom. The van der Waals surface area contributed by atoms with Crippen LogP contribution < -0.4 is 4.72 Å². The third kappa shape index (κ3) is 4.59. The number of rotatable bonds is 6. The molecule has 0 aliphatic heterocycles. The number of aromatic nitrogens is 1. The molecule has 17 heavy (non-hydrogen) atoms. The van der Waals surface area contributed by atoms with Gasteiger partial charge in [-0.05, 0) is 31.9 Å². The van der Waals surface area contributed by atoms with Gasteiger partial charge >= 0.3 is 0 Å². The molecule has 0 spiro atoms. The van der Waals surface area contributed by atoms with Crippen molar-refractivity contribution in [1.29, 1.82) is 0 Å². The van der Waals surface area contributed by atoms with Crippen LogP contribution in [0.5, 0.6) is 0 Å². The van der Waals surface area contributed by atoms with Gasteiger partial charge in [0, 0.05) is 18.8 Å². The van der Waals surface area contributed by atoms with Crippen molar-refractivity contribution in [3.05, 3.63) is 23.5 Å². The van der Waals surface area contributed by atoms with Crippen LogP contribution in [0.15, 0.2) is 23.2 Å². The van der Waals surface area contributed by atoms with Gasteiger partial charge in [-0.15, -0.1) is 0 Å². The average molecular weight is 279 g/mol. The number of hydrogen-bond acceptors (Lipinski definition) is 4. The molecular weight excluding hydrogens is 264 g/mol. The smallest absolute Gasteiger partial charge is 0.240 e. The van der Waals surface area contributed by atoms with E-state index in [9.17, 15) is 8.42 Å². The molecule has 0 radical (unpaired) electrons. The zero-order valence-electron chi connectivity index (χ0n) is 9.43. The third-order valence-electron chi connectivity index (χ3n) is 2.16. The number of sulfonamides is 1. The highest BCUT2D eigenvalue weighted by molar-refractivity contribution is 7.89. The molecule has 1 unspecified atom stereocenters. The van der Waals surface area contributed by atoms with Gasteiger partial charge in [-0.25, -0.2) is 18.1 Å². The van der Waals surface area contributed by atoms with Crippen molar-refractivity contribution in [1.82, 2.24) is 9.71 Å². The number of hydrogen-bond donors (Lipinski definition) is 2. The van der Waals surface area contributed by atoms with Crippen molar-refractivity contribution in [3.8, 4) is 0 Å². The minimum Gasteiger partial charge on any atom is -0.396 e. The van der Waals surface area contributed by atoms with E-state index in [0.717, 1.165) is 0 Å². The molecule has 1 aromatic rings. The summed E-state index contributed by atoms with van der Waals surface area (Å²) in [5.41, 5.74) is 0. The second-order valence-corrected chi connectivity index (χ2v) is 5.80. The highest BCUT2D eigenvalue weighted by Gasteiger charge is 2.17. The molecule has 0 saturated heterocycles. The van der Waals surface area contributed by atoms with Gasteiger partial charge in [-0.3, -0.25) is 0 Å². The summed E-state index contributed by atoms with van der Waals surface area (Å²) in [6.45, 7) is 1.79. The second kappa shape index (κ2) is 6.30. The number of pyridine rings is 1. The van der Waals surface area contributed by atoms with Crippen LogP contribution in [-0.4, -0.2) is 31.2 Å². The summed E-state index contributed by atoms with van der Waals surface area (Å²) >= 11 is 5.63. The number of nitrogens with one attached hydrogen (secondary N) is 1. The lowest BCUT2D eigenvalue weighted by atomic mass is 10.2. The summed E-state index contributed by atoms with van der Waals surface area (Å²) in [5.74, 6) is 0. The SMILES string of the molecule is CC(CCCO)NS(=O)(=O)c1ccnc(Cl)c1. The molecule has 0 saturated carbocycles. The second-order valence-electron chi connectivity index (χ2n) is 3.70. The number of nitrogens with zero attached hydrogens (tertiary/aromatic N) is 1. The molecule has 0 aromatic carbocycles. The summed E-state index contributed by atoms with van der Waals surface area (Å²) < 4.78 is 26.3. The van der Waals surface area contributed by atoms with E-state index in [1.807, 2.05) is 0 Å². The lowest BCUT2D eigenvalue weighted by molar-refractivity contribution is 0.279.